The Balaban J connectivity index is 1.90. The highest BCUT2D eigenvalue weighted by Crippen LogP contribution is 2.41. The molecular weight excluding hydrogens is 342 g/mol. The summed E-state index contributed by atoms with van der Waals surface area (Å²) >= 11 is 4.71. The molecule has 108 valence electrons. The highest BCUT2D eigenvalue weighted by molar-refractivity contribution is 9.10. The van der Waals surface area contributed by atoms with E-state index in [0.29, 0.717) is 17.2 Å². The number of hydrogen-bond donors (Lipinski definition) is 1. The molecule has 3 atom stereocenters. The van der Waals surface area contributed by atoms with Crippen LogP contribution in [0.25, 0.3) is 0 Å². The number of carbonyl (C=O) groups excluding carboxylic acids is 1. The number of hydrogen-bond acceptors (Lipinski definition) is 3. The molecule has 0 radical (unpaired) electrons. The third-order valence-corrected chi connectivity index (χ3v) is 6.06. The quantitative estimate of drug-likeness (QED) is 0.882. The van der Waals surface area contributed by atoms with Crippen molar-refractivity contribution in [2.45, 2.75) is 44.2 Å². The van der Waals surface area contributed by atoms with Crippen molar-refractivity contribution >= 4 is 39.1 Å². The minimum absolute atomic E-state index is 0.109. The van der Waals surface area contributed by atoms with Crippen LogP contribution >= 0.6 is 27.3 Å². The molecule has 2 fully saturated rings. The van der Waals surface area contributed by atoms with Crippen LogP contribution in [-0.2, 0) is 4.79 Å². The normalized spacial score (nSPS) is 29.2. The molecule has 6 heteroatoms. The van der Waals surface area contributed by atoms with E-state index in [9.17, 15) is 14.7 Å². The molecule has 0 bridgehead atoms. The van der Waals surface area contributed by atoms with Crippen molar-refractivity contribution in [3.63, 3.8) is 0 Å². The van der Waals surface area contributed by atoms with Crippen LogP contribution in [0.15, 0.2) is 15.9 Å². The van der Waals surface area contributed by atoms with Gasteiger partial charge in [-0.25, -0.2) is 4.79 Å². The first-order valence-electron chi connectivity index (χ1n) is 6.87. The highest BCUT2D eigenvalue weighted by Gasteiger charge is 2.47. The average Bonchev–Trinajstić information content (AvgIpc) is 3.01. The van der Waals surface area contributed by atoms with Crippen molar-refractivity contribution in [1.82, 2.24) is 4.90 Å². The van der Waals surface area contributed by atoms with Gasteiger partial charge in [-0.3, -0.25) is 4.79 Å². The smallest absolute Gasteiger partial charge is 0.326 e. The number of thiophene rings is 1. The lowest BCUT2D eigenvalue weighted by molar-refractivity contribution is -0.141. The van der Waals surface area contributed by atoms with Gasteiger partial charge in [0.1, 0.15) is 6.04 Å². The summed E-state index contributed by atoms with van der Waals surface area (Å²) in [5.74, 6) is -0.636. The van der Waals surface area contributed by atoms with E-state index in [1.165, 1.54) is 11.3 Å². The van der Waals surface area contributed by atoms with Crippen molar-refractivity contribution in [2.24, 2.45) is 5.92 Å². The Hall–Kier alpha value is -0.880. The second-order valence-corrected chi connectivity index (χ2v) is 7.37. The largest absolute Gasteiger partial charge is 0.480 e. The predicted octanol–water partition coefficient (Wildman–Crippen LogP) is 3.37. The van der Waals surface area contributed by atoms with Crippen LogP contribution in [0, 0.1) is 5.92 Å². The fourth-order valence-corrected chi connectivity index (χ4v) is 4.89. The second-order valence-electron chi connectivity index (χ2n) is 5.54. The van der Waals surface area contributed by atoms with Crippen LogP contribution in [0.5, 0.6) is 0 Å². The minimum Gasteiger partial charge on any atom is -0.480 e. The van der Waals surface area contributed by atoms with E-state index in [4.69, 9.17) is 0 Å². The van der Waals surface area contributed by atoms with E-state index < -0.39 is 12.0 Å². The Morgan fingerprint density at radius 2 is 2.10 bits per heavy atom. The molecule has 1 aliphatic heterocycles. The maximum atomic E-state index is 12.7. The number of aliphatic carboxylic acids is 1. The molecule has 3 unspecified atom stereocenters. The van der Waals surface area contributed by atoms with E-state index in [1.807, 2.05) is 5.38 Å². The molecule has 0 aromatic carbocycles. The molecule has 1 aromatic heterocycles. The first kappa shape index (κ1) is 14.1. The monoisotopic (exact) mass is 357 g/mol. The summed E-state index contributed by atoms with van der Waals surface area (Å²) in [5.41, 5.74) is 0. The van der Waals surface area contributed by atoms with Gasteiger partial charge in [-0.05, 0) is 47.2 Å². The Kier molecular flexibility index (Phi) is 3.86. The number of nitrogens with zero attached hydrogens (tertiary/aromatic N) is 1. The number of carboxylic acids is 1. The van der Waals surface area contributed by atoms with Gasteiger partial charge in [0.05, 0.1) is 4.88 Å². The Morgan fingerprint density at radius 1 is 1.35 bits per heavy atom. The number of amides is 1. The zero-order valence-electron chi connectivity index (χ0n) is 10.9. The van der Waals surface area contributed by atoms with E-state index in [1.54, 1.807) is 11.0 Å². The molecule has 4 nitrogen and oxygen atoms in total. The third kappa shape index (κ3) is 2.39. The average molecular weight is 358 g/mol. The summed E-state index contributed by atoms with van der Waals surface area (Å²) in [7, 11) is 0. The van der Waals surface area contributed by atoms with Crippen molar-refractivity contribution in [3.05, 3.63) is 20.8 Å². The Morgan fingerprint density at radius 3 is 2.75 bits per heavy atom. The van der Waals surface area contributed by atoms with Crippen molar-refractivity contribution < 1.29 is 14.7 Å². The predicted molar refractivity (Wildman–Crippen MR) is 80.0 cm³/mol. The van der Waals surface area contributed by atoms with Gasteiger partial charge in [0.15, 0.2) is 0 Å². The zero-order valence-corrected chi connectivity index (χ0v) is 13.3. The molecular formula is C14H16BrNO3S. The molecule has 1 saturated heterocycles. The van der Waals surface area contributed by atoms with Gasteiger partial charge in [-0.2, -0.15) is 0 Å². The Labute approximate surface area is 129 Å². The molecule has 1 N–H and O–H groups in total. The minimum atomic E-state index is -0.872. The van der Waals surface area contributed by atoms with Crippen LogP contribution in [-0.4, -0.2) is 34.0 Å². The topological polar surface area (TPSA) is 57.6 Å². The first-order valence-corrected chi connectivity index (χ1v) is 8.54. The molecule has 0 spiro atoms. The maximum Gasteiger partial charge on any atom is 0.326 e. The van der Waals surface area contributed by atoms with Crippen molar-refractivity contribution in [3.8, 4) is 0 Å². The number of likely N-dealkylation sites (tertiary alicyclic amines) is 1. The number of carbonyl (C=O) groups is 2. The molecule has 2 aliphatic rings. The summed E-state index contributed by atoms with van der Waals surface area (Å²) in [6, 6.07) is 1.23. The van der Waals surface area contributed by atoms with Crippen LogP contribution < -0.4 is 0 Å². The lowest BCUT2D eigenvalue weighted by Crippen LogP contribution is -2.46. The van der Waals surface area contributed by atoms with Crippen LogP contribution in [0.1, 0.15) is 41.8 Å². The standard InChI is InChI=1S/C14H16BrNO3S/c15-9-6-12(20-7-9)13(17)16-10-4-2-1-3-8(10)5-11(16)14(18)19/h6-8,10-11H,1-5H2,(H,18,19). The number of halogens is 1. The van der Waals surface area contributed by atoms with Gasteiger partial charge in [0.2, 0.25) is 0 Å². The van der Waals surface area contributed by atoms with Crippen LogP contribution in [0.2, 0.25) is 0 Å². The van der Waals surface area contributed by atoms with Crippen molar-refractivity contribution in [2.75, 3.05) is 0 Å². The van der Waals surface area contributed by atoms with Gasteiger partial charge >= 0.3 is 5.97 Å². The van der Waals surface area contributed by atoms with Gasteiger partial charge in [-0.1, -0.05) is 12.8 Å². The van der Waals surface area contributed by atoms with Gasteiger partial charge in [-0.15, -0.1) is 11.3 Å². The lowest BCUT2D eigenvalue weighted by Gasteiger charge is -2.32. The lowest BCUT2D eigenvalue weighted by atomic mass is 9.85. The van der Waals surface area contributed by atoms with Crippen molar-refractivity contribution in [1.29, 1.82) is 0 Å². The molecule has 3 rings (SSSR count). The summed E-state index contributed by atoms with van der Waals surface area (Å²) in [4.78, 5) is 26.4. The fourth-order valence-electron chi connectivity index (χ4n) is 3.53. The van der Waals surface area contributed by atoms with E-state index >= 15 is 0 Å². The van der Waals surface area contributed by atoms with Gasteiger partial charge < -0.3 is 10.0 Å². The number of fused-ring (bicyclic) bond motifs is 1. The van der Waals surface area contributed by atoms with E-state index in [-0.39, 0.29) is 11.9 Å². The number of carboxylic acid groups (broad SMARTS) is 1. The SMILES string of the molecule is O=C(O)C1CC2CCCCC2N1C(=O)c1cc(Br)cs1. The molecule has 2 heterocycles. The fraction of sp³-hybridized carbons (Fsp3) is 0.571. The summed E-state index contributed by atoms with van der Waals surface area (Å²) < 4.78 is 0.872. The molecule has 1 aromatic rings. The number of rotatable bonds is 2. The molecule has 1 saturated carbocycles. The highest BCUT2D eigenvalue weighted by atomic mass is 79.9. The molecule has 1 amide bonds. The summed E-state index contributed by atoms with van der Waals surface area (Å²) in [6.07, 6.45) is 4.84. The molecule has 1 aliphatic carbocycles. The Bertz CT molecular complexity index is 544. The second kappa shape index (κ2) is 5.48. The third-order valence-electron chi connectivity index (χ3n) is 4.39. The van der Waals surface area contributed by atoms with E-state index in [2.05, 4.69) is 15.9 Å². The first-order chi connectivity index (χ1) is 9.58. The van der Waals surface area contributed by atoms with E-state index in [0.717, 1.165) is 30.2 Å². The van der Waals surface area contributed by atoms with Crippen LogP contribution in [0.4, 0.5) is 0 Å². The van der Waals surface area contributed by atoms with Crippen LogP contribution in [0.3, 0.4) is 0 Å². The van der Waals surface area contributed by atoms with Gasteiger partial charge in [0.25, 0.3) is 5.91 Å². The maximum absolute atomic E-state index is 12.7. The van der Waals surface area contributed by atoms with Gasteiger partial charge in [0, 0.05) is 15.9 Å². The summed E-state index contributed by atoms with van der Waals surface area (Å²) in [6.45, 7) is 0. The molecule has 20 heavy (non-hydrogen) atoms. The summed E-state index contributed by atoms with van der Waals surface area (Å²) in [5, 5.41) is 11.3. The zero-order chi connectivity index (χ0) is 14.3.